The number of aliphatic hydroxyl groups is 1. The van der Waals surface area contributed by atoms with Crippen molar-refractivity contribution < 1.29 is 18.7 Å². The molecule has 0 bridgehead atoms. The standard InChI is InChI=1S/C20H28F2N2O2/c1-14(25)12-23-13-18(26)24-10-8-15-5-2-3-7-17(15)19(24)16-6-4-9-20(21,22)11-16/h2-3,5,7,14,16,19,23,25H,4,6,8-13H2,1H3. The Morgan fingerprint density at radius 2 is 2.19 bits per heavy atom. The molecule has 2 aliphatic rings. The third kappa shape index (κ3) is 4.41. The SMILES string of the molecule is CC(O)CNCC(=O)N1CCc2ccccc2C1C1CCCC(F)(F)C1. The zero-order valence-electron chi connectivity index (χ0n) is 15.3. The number of halogens is 2. The molecule has 0 aromatic heterocycles. The number of amides is 1. The molecule has 0 saturated heterocycles. The summed E-state index contributed by atoms with van der Waals surface area (Å²) in [5.74, 6) is -2.95. The zero-order chi connectivity index (χ0) is 18.7. The lowest BCUT2D eigenvalue weighted by molar-refractivity contribution is -0.137. The van der Waals surface area contributed by atoms with E-state index in [1.54, 1.807) is 11.8 Å². The highest BCUT2D eigenvalue weighted by molar-refractivity contribution is 5.79. The number of nitrogens with zero attached hydrogens (tertiary/aromatic N) is 1. The van der Waals surface area contributed by atoms with Crippen LogP contribution in [0.5, 0.6) is 0 Å². The molecule has 1 aromatic rings. The predicted molar refractivity (Wildman–Crippen MR) is 96.1 cm³/mol. The maximum absolute atomic E-state index is 14.1. The van der Waals surface area contributed by atoms with Crippen molar-refractivity contribution in [3.05, 3.63) is 35.4 Å². The van der Waals surface area contributed by atoms with Gasteiger partial charge < -0.3 is 15.3 Å². The lowest BCUT2D eigenvalue weighted by atomic mass is 9.76. The molecule has 1 amide bonds. The van der Waals surface area contributed by atoms with Gasteiger partial charge in [0.15, 0.2) is 0 Å². The first kappa shape index (κ1) is 19.2. The Balaban J connectivity index is 1.82. The fourth-order valence-corrected chi connectivity index (χ4v) is 4.36. The average molecular weight is 366 g/mol. The minimum Gasteiger partial charge on any atom is -0.392 e. The lowest BCUT2D eigenvalue weighted by Crippen LogP contribution is -2.48. The summed E-state index contributed by atoms with van der Waals surface area (Å²) in [6.07, 6.45) is 1.23. The first-order chi connectivity index (χ1) is 12.4. The van der Waals surface area contributed by atoms with E-state index in [4.69, 9.17) is 0 Å². The van der Waals surface area contributed by atoms with Gasteiger partial charge in [0.2, 0.25) is 11.8 Å². The number of carbonyl (C=O) groups excluding carboxylic acids is 1. The Kier molecular flexibility index (Phi) is 5.92. The van der Waals surface area contributed by atoms with Crippen molar-refractivity contribution in [2.24, 2.45) is 5.92 Å². The predicted octanol–water partition coefficient (Wildman–Crippen LogP) is 2.91. The number of alkyl halides is 2. The van der Waals surface area contributed by atoms with Crippen molar-refractivity contribution in [2.45, 2.75) is 57.1 Å². The summed E-state index contributed by atoms with van der Waals surface area (Å²) in [5.41, 5.74) is 2.18. The fourth-order valence-electron chi connectivity index (χ4n) is 4.36. The number of nitrogens with one attached hydrogen (secondary N) is 1. The summed E-state index contributed by atoms with van der Waals surface area (Å²) in [4.78, 5) is 14.6. The molecular formula is C20H28F2N2O2. The van der Waals surface area contributed by atoms with Crippen LogP contribution in [0.3, 0.4) is 0 Å². The van der Waals surface area contributed by atoms with Crippen LogP contribution in [0.4, 0.5) is 8.78 Å². The smallest absolute Gasteiger partial charge is 0.248 e. The second-order valence-corrected chi connectivity index (χ2v) is 7.67. The highest BCUT2D eigenvalue weighted by Crippen LogP contribution is 2.46. The molecule has 1 fully saturated rings. The molecule has 144 valence electrons. The van der Waals surface area contributed by atoms with Gasteiger partial charge in [0, 0.05) is 25.9 Å². The number of benzene rings is 1. The summed E-state index contributed by atoms with van der Waals surface area (Å²) in [5, 5.41) is 12.3. The number of fused-ring (bicyclic) bond motifs is 1. The molecule has 3 atom stereocenters. The van der Waals surface area contributed by atoms with E-state index in [-0.39, 0.29) is 37.3 Å². The molecule has 3 rings (SSSR count). The second kappa shape index (κ2) is 8.01. The van der Waals surface area contributed by atoms with Gasteiger partial charge >= 0.3 is 0 Å². The summed E-state index contributed by atoms with van der Waals surface area (Å²) >= 11 is 0. The quantitative estimate of drug-likeness (QED) is 0.843. The van der Waals surface area contributed by atoms with E-state index in [0.717, 1.165) is 24.0 Å². The minimum absolute atomic E-state index is 0.0538. The average Bonchev–Trinajstić information content (AvgIpc) is 2.59. The van der Waals surface area contributed by atoms with E-state index in [9.17, 15) is 18.7 Å². The van der Waals surface area contributed by atoms with Gasteiger partial charge in [-0.15, -0.1) is 0 Å². The third-order valence-electron chi connectivity index (χ3n) is 5.49. The number of carbonyl (C=O) groups is 1. The molecular weight excluding hydrogens is 338 g/mol. The van der Waals surface area contributed by atoms with Gasteiger partial charge in [-0.3, -0.25) is 4.79 Å². The Morgan fingerprint density at radius 1 is 1.42 bits per heavy atom. The largest absolute Gasteiger partial charge is 0.392 e. The Hall–Kier alpha value is -1.53. The molecule has 2 N–H and O–H groups in total. The highest BCUT2D eigenvalue weighted by Gasteiger charge is 2.43. The summed E-state index contributed by atoms with van der Waals surface area (Å²) < 4.78 is 28.1. The van der Waals surface area contributed by atoms with E-state index in [2.05, 4.69) is 5.32 Å². The van der Waals surface area contributed by atoms with Crippen molar-refractivity contribution in [3.8, 4) is 0 Å². The second-order valence-electron chi connectivity index (χ2n) is 7.67. The van der Waals surface area contributed by atoms with E-state index in [1.165, 1.54) is 0 Å². The van der Waals surface area contributed by atoms with Gasteiger partial charge in [0.25, 0.3) is 0 Å². The van der Waals surface area contributed by atoms with Crippen LogP contribution in [0.15, 0.2) is 24.3 Å². The van der Waals surface area contributed by atoms with Gasteiger partial charge in [-0.05, 0) is 43.2 Å². The molecule has 1 aromatic carbocycles. The zero-order valence-corrected chi connectivity index (χ0v) is 15.3. The van der Waals surface area contributed by atoms with Crippen LogP contribution in [-0.4, -0.2) is 47.6 Å². The van der Waals surface area contributed by atoms with Gasteiger partial charge in [-0.25, -0.2) is 8.78 Å². The van der Waals surface area contributed by atoms with Crippen molar-refractivity contribution in [3.63, 3.8) is 0 Å². The van der Waals surface area contributed by atoms with Crippen LogP contribution in [0.2, 0.25) is 0 Å². The lowest BCUT2D eigenvalue weighted by Gasteiger charge is -2.44. The molecule has 3 unspecified atom stereocenters. The maximum atomic E-state index is 14.1. The van der Waals surface area contributed by atoms with Crippen molar-refractivity contribution in [2.75, 3.05) is 19.6 Å². The molecule has 26 heavy (non-hydrogen) atoms. The highest BCUT2D eigenvalue weighted by atomic mass is 19.3. The van der Waals surface area contributed by atoms with E-state index in [0.29, 0.717) is 19.5 Å². The monoisotopic (exact) mass is 366 g/mol. The van der Waals surface area contributed by atoms with Crippen LogP contribution in [0.1, 0.15) is 49.8 Å². The third-order valence-corrected chi connectivity index (χ3v) is 5.49. The molecule has 0 spiro atoms. The normalized spacial score (nSPS) is 26.2. The Morgan fingerprint density at radius 3 is 2.92 bits per heavy atom. The Bertz CT molecular complexity index is 636. The van der Waals surface area contributed by atoms with Crippen LogP contribution < -0.4 is 5.32 Å². The van der Waals surface area contributed by atoms with Gasteiger partial charge in [-0.2, -0.15) is 0 Å². The molecule has 1 saturated carbocycles. The van der Waals surface area contributed by atoms with Gasteiger partial charge in [-0.1, -0.05) is 24.3 Å². The molecule has 0 radical (unpaired) electrons. The van der Waals surface area contributed by atoms with Crippen LogP contribution in [0, 0.1) is 5.92 Å². The van der Waals surface area contributed by atoms with E-state index >= 15 is 0 Å². The van der Waals surface area contributed by atoms with Crippen LogP contribution in [0.25, 0.3) is 0 Å². The molecule has 1 aliphatic carbocycles. The first-order valence-electron chi connectivity index (χ1n) is 9.51. The summed E-state index contributed by atoms with van der Waals surface area (Å²) in [6, 6.07) is 7.62. The van der Waals surface area contributed by atoms with E-state index in [1.807, 2.05) is 24.3 Å². The fraction of sp³-hybridized carbons (Fsp3) is 0.650. The molecule has 6 heteroatoms. The van der Waals surface area contributed by atoms with Crippen LogP contribution in [-0.2, 0) is 11.2 Å². The first-order valence-corrected chi connectivity index (χ1v) is 9.51. The minimum atomic E-state index is -2.64. The summed E-state index contributed by atoms with van der Waals surface area (Å²) in [7, 11) is 0. The number of hydrogen-bond acceptors (Lipinski definition) is 3. The van der Waals surface area contributed by atoms with Crippen molar-refractivity contribution >= 4 is 5.91 Å². The molecule has 4 nitrogen and oxygen atoms in total. The number of rotatable bonds is 5. The number of aliphatic hydroxyl groups excluding tert-OH is 1. The van der Waals surface area contributed by atoms with Crippen molar-refractivity contribution in [1.82, 2.24) is 10.2 Å². The number of hydrogen-bond donors (Lipinski definition) is 2. The Labute approximate surface area is 153 Å². The van der Waals surface area contributed by atoms with Gasteiger partial charge in [0.05, 0.1) is 18.7 Å². The van der Waals surface area contributed by atoms with Crippen molar-refractivity contribution in [1.29, 1.82) is 0 Å². The van der Waals surface area contributed by atoms with Crippen LogP contribution >= 0.6 is 0 Å². The molecule has 1 aliphatic heterocycles. The topological polar surface area (TPSA) is 52.6 Å². The van der Waals surface area contributed by atoms with E-state index < -0.39 is 12.0 Å². The van der Waals surface area contributed by atoms with Gasteiger partial charge in [0.1, 0.15) is 0 Å². The maximum Gasteiger partial charge on any atom is 0.248 e. The summed E-state index contributed by atoms with van der Waals surface area (Å²) in [6.45, 7) is 2.66. The molecule has 1 heterocycles.